The number of hydrogen-bond acceptors (Lipinski definition) is 3. The molecule has 0 unspecified atom stereocenters. The van der Waals surface area contributed by atoms with Gasteiger partial charge in [0.15, 0.2) is 10.8 Å². The first-order chi connectivity index (χ1) is 13.3. The number of halogens is 5. The van der Waals surface area contributed by atoms with Crippen molar-refractivity contribution in [3.05, 3.63) is 76.4 Å². The maximum atomic E-state index is 13.7. The third kappa shape index (κ3) is 3.68. The minimum atomic E-state index is -4.60. The van der Waals surface area contributed by atoms with Gasteiger partial charge in [0.2, 0.25) is 0 Å². The number of hydrogen-bond donors (Lipinski definition) is 1. The molecule has 1 aromatic heterocycles. The Hall–Kier alpha value is -2.28. The predicted molar refractivity (Wildman–Crippen MR) is 110 cm³/mol. The molecule has 3 aromatic carbocycles. The van der Waals surface area contributed by atoms with Gasteiger partial charge < -0.3 is 5.32 Å². The molecule has 0 spiro atoms. The standard InChI is InChI=1S/C20H11Cl2F3N2S/c21-12-8-9-15(22)16(10-12)26-19-27-18(20(23,24)25)17(28-19)14-7-3-5-11-4-1-2-6-13(11)14/h1-10H,(H,26,27). The van der Waals surface area contributed by atoms with Gasteiger partial charge in [-0.1, -0.05) is 77.0 Å². The number of rotatable bonds is 3. The smallest absolute Gasteiger partial charge is 0.330 e. The van der Waals surface area contributed by atoms with Crippen LogP contribution < -0.4 is 5.32 Å². The zero-order chi connectivity index (χ0) is 19.9. The Labute approximate surface area is 172 Å². The first kappa shape index (κ1) is 19.1. The summed E-state index contributed by atoms with van der Waals surface area (Å²) in [4.78, 5) is 3.86. The van der Waals surface area contributed by atoms with Crippen molar-refractivity contribution in [2.45, 2.75) is 6.18 Å². The van der Waals surface area contributed by atoms with Gasteiger partial charge in [-0.15, -0.1) is 0 Å². The Morgan fingerprint density at radius 2 is 1.68 bits per heavy atom. The highest BCUT2D eigenvalue weighted by molar-refractivity contribution is 7.19. The highest BCUT2D eigenvalue weighted by Gasteiger charge is 2.38. The Bertz CT molecular complexity index is 1170. The average molecular weight is 439 g/mol. The molecule has 4 rings (SSSR count). The lowest BCUT2D eigenvalue weighted by Gasteiger charge is -2.08. The van der Waals surface area contributed by atoms with Crippen molar-refractivity contribution in [1.82, 2.24) is 4.98 Å². The second-order valence-corrected chi connectivity index (χ2v) is 7.81. The fraction of sp³-hybridized carbons (Fsp3) is 0.0500. The van der Waals surface area contributed by atoms with E-state index < -0.39 is 11.9 Å². The van der Waals surface area contributed by atoms with E-state index >= 15 is 0 Å². The quantitative estimate of drug-likeness (QED) is 0.350. The zero-order valence-electron chi connectivity index (χ0n) is 14.0. The van der Waals surface area contributed by atoms with Gasteiger partial charge >= 0.3 is 6.18 Å². The first-order valence-electron chi connectivity index (χ1n) is 8.11. The molecule has 0 atom stereocenters. The van der Waals surface area contributed by atoms with Gasteiger partial charge in [-0.3, -0.25) is 0 Å². The van der Waals surface area contributed by atoms with Crippen LogP contribution in [0.5, 0.6) is 0 Å². The van der Waals surface area contributed by atoms with Crippen molar-refractivity contribution in [2.75, 3.05) is 5.32 Å². The third-order valence-corrected chi connectivity index (χ3v) is 5.67. The van der Waals surface area contributed by atoms with Crippen LogP contribution in [-0.4, -0.2) is 4.98 Å². The van der Waals surface area contributed by atoms with Gasteiger partial charge in [0.05, 0.1) is 15.6 Å². The highest BCUT2D eigenvalue weighted by Crippen LogP contribution is 2.45. The van der Waals surface area contributed by atoms with Crippen molar-refractivity contribution >= 4 is 56.1 Å². The summed E-state index contributed by atoms with van der Waals surface area (Å²) in [7, 11) is 0. The van der Waals surface area contributed by atoms with Crippen LogP contribution in [0.3, 0.4) is 0 Å². The number of aromatic nitrogens is 1. The summed E-state index contributed by atoms with van der Waals surface area (Å²) in [6.45, 7) is 0. The van der Waals surface area contributed by atoms with Gasteiger partial charge in [-0.25, -0.2) is 4.98 Å². The van der Waals surface area contributed by atoms with Crippen LogP contribution in [0.15, 0.2) is 60.7 Å². The molecule has 1 heterocycles. The van der Waals surface area contributed by atoms with Crippen LogP contribution in [0.2, 0.25) is 10.0 Å². The molecule has 4 aromatic rings. The van der Waals surface area contributed by atoms with Crippen molar-refractivity contribution in [2.24, 2.45) is 0 Å². The van der Waals surface area contributed by atoms with E-state index in [1.807, 2.05) is 18.2 Å². The molecule has 0 bridgehead atoms. The molecule has 0 aliphatic rings. The van der Waals surface area contributed by atoms with Crippen LogP contribution in [0.25, 0.3) is 21.2 Å². The first-order valence-corrected chi connectivity index (χ1v) is 9.68. The van der Waals surface area contributed by atoms with Crippen molar-refractivity contribution in [3.8, 4) is 10.4 Å². The monoisotopic (exact) mass is 438 g/mol. The van der Waals surface area contributed by atoms with Crippen LogP contribution in [-0.2, 0) is 6.18 Å². The topological polar surface area (TPSA) is 24.9 Å². The summed E-state index contributed by atoms with van der Waals surface area (Å²) in [6.07, 6.45) is -4.60. The second-order valence-electron chi connectivity index (χ2n) is 5.97. The summed E-state index contributed by atoms with van der Waals surface area (Å²) >= 11 is 13.0. The van der Waals surface area contributed by atoms with Gasteiger partial charge in [-0.2, -0.15) is 13.2 Å². The Balaban J connectivity index is 1.86. The molecular weight excluding hydrogens is 428 g/mol. The molecule has 1 N–H and O–H groups in total. The summed E-state index contributed by atoms with van der Waals surface area (Å²) in [5.41, 5.74) is -0.0659. The van der Waals surface area contributed by atoms with Gasteiger partial charge in [-0.05, 0) is 29.0 Å². The van der Waals surface area contributed by atoms with E-state index in [1.165, 1.54) is 6.07 Å². The predicted octanol–water partition coefficient (Wildman–Crippen LogP) is 8.03. The van der Waals surface area contributed by atoms with Crippen molar-refractivity contribution in [1.29, 1.82) is 0 Å². The number of nitrogens with one attached hydrogen (secondary N) is 1. The maximum Gasteiger partial charge on any atom is 0.434 e. The fourth-order valence-corrected chi connectivity index (χ4v) is 4.25. The largest absolute Gasteiger partial charge is 0.434 e. The molecule has 0 aliphatic carbocycles. The zero-order valence-corrected chi connectivity index (χ0v) is 16.3. The minimum absolute atomic E-state index is 0.0463. The highest BCUT2D eigenvalue weighted by atomic mass is 35.5. The number of nitrogens with zero attached hydrogens (tertiary/aromatic N) is 1. The number of thiazole rings is 1. The SMILES string of the molecule is FC(F)(F)c1nc(Nc2cc(Cl)ccc2Cl)sc1-c1cccc2ccccc12. The van der Waals surface area contributed by atoms with Crippen molar-refractivity contribution < 1.29 is 13.2 Å². The van der Waals surface area contributed by atoms with E-state index in [0.29, 0.717) is 21.3 Å². The summed E-state index contributed by atoms with van der Waals surface area (Å²) in [6, 6.07) is 17.3. The second kappa shape index (κ2) is 7.28. The number of fused-ring (bicyclic) bond motifs is 1. The molecule has 0 amide bonds. The fourth-order valence-electron chi connectivity index (χ4n) is 2.88. The summed E-state index contributed by atoms with van der Waals surface area (Å²) in [5, 5.41) is 5.27. The van der Waals surface area contributed by atoms with Crippen LogP contribution in [0, 0.1) is 0 Å². The number of anilines is 2. The Morgan fingerprint density at radius 3 is 2.46 bits per heavy atom. The molecular formula is C20H11Cl2F3N2S. The van der Waals surface area contributed by atoms with Crippen LogP contribution in [0.4, 0.5) is 24.0 Å². The minimum Gasteiger partial charge on any atom is -0.330 e. The van der Waals surface area contributed by atoms with E-state index in [4.69, 9.17) is 23.2 Å². The van der Waals surface area contributed by atoms with Gasteiger partial charge in [0, 0.05) is 10.6 Å². The molecule has 28 heavy (non-hydrogen) atoms. The van der Waals surface area contributed by atoms with Crippen LogP contribution in [0.1, 0.15) is 5.69 Å². The lowest BCUT2D eigenvalue weighted by molar-refractivity contribution is -0.140. The Morgan fingerprint density at radius 1 is 0.929 bits per heavy atom. The van der Waals surface area contributed by atoms with E-state index in [0.717, 1.165) is 22.1 Å². The van der Waals surface area contributed by atoms with E-state index in [2.05, 4.69) is 10.3 Å². The molecule has 0 saturated carbocycles. The van der Waals surface area contributed by atoms with Gasteiger partial charge in [0.25, 0.3) is 0 Å². The van der Waals surface area contributed by atoms with Crippen molar-refractivity contribution in [3.63, 3.8) is 0 Å². The lowest BCUT2D eigenvalue weighted by Crippen LogP contribution is -2.07. The summed E-state index contributed by atoms with van der Waals surface area (Å²) in [5.74, 6) is 0. The van der Waals surface area contributed by atoms with Crippen LogP contribution >= 0.6 is 34.5 Å². The molecule has 142 valence electrons. The van der Waals surface area contributed by atoms with E-state index in [1.54, 1.807) is 36.4 Å². The lowest BCUT2D eigenvalue weighted by atomic mass is 10.0. The maximum absolute atomic E-state index is 13.7. The molecule has 0 fully saturated rings. The van der Waals surface area contributed by atoms with Gasteiger partial charge in [0.1, 0.15) is 0 Å². The van der Waals surface area contributed by atoms with E-state index in [-0.39, 0.29) is 10.0 Å². The Kier molecular flexibility index (Phi) is 4.95. The molecule has 0 saturated heterocycles. The molecule has 8 heteroatoms. The number of benzene rings is 3. The average Bonchev–Trinajstić information content (AvgIpc) is 3.08. The van der Waals surface area contributed by atoms with E-state index in [9.17, 15) is 13.2 Å². The third-order valence-electron chi connectivity index (χ3n) is 4.10. The normalized spacial score (nSPS) is 11.8. The molecule has 0 radical (unpaired) electrons. The number of alkyl halides is 3. The molecule has 2 nitrogen and oxygen atoms in total. The summed E-state index contributed by atoms with van der Waals surface area (Å²) < 4.78 is 41.1. The molecule has 0 aliphatic heterocycles.